The highest BCUT2D eigenvalue weighted by Crippen LogP contribution is 2.31. The maximum Gasteiger partial charge on any atom is 0.248 e. The van der Waals surface area contributed by atoms with Crippen molar-refractivity contribution in [2.75, 3.05) is 90.2 Å². The van der Waals surface area contributed by atoms with Crippen LogP contribution < -0.4 is 32.4 Å². The minimum atomic E-state index is -0.877. The molecule has 0 unspecified atom stereocenters. The highest BCUT2D eigenvalue weighted by molar-refractivity contribution is 5.93. The van der Waals surface area contributed by atoms with Gasteiger partial charge in [0.1, 0.15) is 11.5 Å². The number of fused-ring (bicyclic) bond motifs is 2. The van der Waals surface area contributed by atoms with E-state index in [9.17, 15) is 49.2 Å². The molecule has 89 heavy (non-hydrogen) atoms. The molecule has 480 valence electrons. The molecule has 21 nitrogen and oxygen atoms in total. The number of nitrogens with one attached hydrogen (secondary N) is 6. The number of carbonyl (C=O) groups is 4. The van der Waals surface area contributed by atoms with Crippen molar-refractivity contribution >= 4 is 56.8 Å². The number of aromatic nitrogens is 2. The molecular weight excluding hydrogens is 1130 g/mol. The third kappa shape index (κ3) is 19.3. The Bertz CT molecular complexity index is 3310. The van der Waals surface area contributed by atoms with E-state index in [2.05, 4.69) is 41.0 Å². The Hall–Kier alpha value is -7.50. The number of likely N-dealkylation sites (tertiary alicyclic amines) is 2. The summed E-state index contributed by atoms with van der Waals surface area (Å²) in [5.74, 6) is -0.0631. The van der Waals surface area contributed by atoms with Crippen molar-refractivity contribution < 1.29 is 44.3 Å². The number of hydrogen-bond donors (Lipinski definition) is 10. The Morgan fingerprint density at radius 1 is 0.551 bits per heavy atom. The number of amides is 4. The van der Waals surface area contributed by atoms with E-state index in [4.69, 9.17) is 4.74 Å². The summed E-state index contributed by atoms with van der Waals surface area (Å²) in [5, 5.41) is 56.2. The van der Waals surface area contributed by atoms with Crippen LogP contribution in [0.2, 0.25) is 0 Å². The summed E-state index contributed by atoms with van der Waals surface area (Å²) < 4.78 is 6.59. The number of aliphatic hydroxyl groups excluding tert-OH is 2. The standard InChI is InChI=1S/C68H92N10O11/c1-43-37-55(45(3)35-47(43)39-69-41-59(81)51-13-17-57(79)67-53(51)15-19-63(85)73-67)71-61(83)11-7-9-27-75(5)65(87)25-33-77-29-21-49(22-30-77)89-50-23-31-78(32-24-50)34-26-66(88)76(6)28-10-8-12-62(84)72-56-38-44(2)48(36-46(56)4)40-70-42-60(82)52-14-18-58(80)68-54(52)16-20-64(86)74-68/h13-20,35-38,49-50,59-60,69-70,79-82H,7-12,21-34,39-42H2,1-6H3,(H,71,83)(H,72,84)(H,73,85)(H,74,86)/t59-,60-/m0/s1. The lowest BCUT2D eigenvalue weighted by Crippen LogP contribution is -2.43. The SMILES string of the molecule is Cc1cc(NC(=O)CCCCN(C)C(=O)CCN2CCC(OC3CCN(CCC(=O)N(C)CCCCC(=O)Nc4cc(C)c(CNC[C@H](O)c5ccc(O)c6[nH]c(=O)ccc56)cc4C)CC3)CC2)c(C)cc1CNC[C@H](O)c1ccc(O)c2[nH]c(=O)ccc12. The fourth-order valence-electron chi connectivity index (χ4n) is 12.1. The molecule has 0 saturated carbocycles. The topological polar surface area (TPSA) is 285 Å². The lowest BCUT2D eigenvalue weighted by atomic mass is 10.0. The quantitative estimate of drug-likeness (QED) is 0.0199. The Labute approximate surface area is 521 Å². The van der Waals surface area contributed by atoms with Gasteiger partial charge in [0, 0.05) is 153 Å². The maximum atomic E-state index is 13.1. The molecule has 4 aromatic carbocycles. The number of H-pyrrole nitrogens is 2. The number of aryl methyl sites for hydroxylation is 4. The number of hydrogen-bond acceptors (Lipinski definition) is 15. The molecule has 10 N–H and O–H groups in total. The van der Waals surface area contributed by atoms with Crippen LogP contribution in [-0.2, 0) is 37.0 Å². The zero-order valence-electron chi connectivity index (χ0n) is 52.6. The van der Waals surface area contributed by atoms with Crippen molar-refractivity contribution in [2.24, 2.45) is 0 Å². The fraction of sp³-hybridized carbons (Fsp3) is 0.500. The zero-order valence-corrected chi connectivity index (χ0v) is 52.6. The highest BCUT2D eigenvalue weighted by Gasteiger charge is 2.27. The zero-order chi connectivity index (χ0) is 63.7. The summed E-state index contributed by atoms with van der Waals surface area (Å²) in [5.41, 5.74) is 8.49. The number of nitrogens with zero attached hydrogens (tertiary/aromatic N) is 4. The summed E-state index contributed by atoms with van der Waals surface area (Å²) in [6, 6.07) is 20.1. The van der Waals surface area contributed by atoms with Crippen LogP contribution in [-0.4, -0.2) is 165 Å². The molecule has 2 aromatic heterocycles. The van der Waals surface area contributed by atoms with Gasteiger partial charge in [-0.05, 0) is 160 Å². The maximum absolute atomic E-state index is 13.1. The van der Waals surface area contributed by atoms with Gasteiger partial charge in [-0.15, -0.1) is 0 Å². The first-order chi connectivity index (χ1) is 42.7. The molecule has 4 amide bonds. The minimum absolute atomic E-state index is 0.0594. The Morgan fingerprint density at radius 3 is 1.34 bits per heavy atom. The van der Waals surface area contributed by atoms with Crippen LogP contribution in [0.3, 0.4) is 0 Å². The Morgan fingerprint density at radius 2 is 0.944 bits per heavy atom. The van der Waals surface area contributed by atoms with Crippen LogP contribution in [0, 0.1) is 27.7 Å². The van der Waals surface area contributed by atoms with Crippen LogP contribution in [0.1, 0.15) is 134 Å². The second kappa shape index (κ2) is 32.3. The molecule has 0 aliphatic carbocycles. The molecule has 21 heteroatoms. The summed E-state index contributed by atoms with van der Waals surface area (Å²) in [7, 11) is 3.67. The Balaban J connectivity index is 0.620. The van der Waals surface area contributed by atoms with Gasteiger partial charge in [0.2, 0.25) is 34.7 Å². The van der Waals surface area contributed by atoms with Gasteiger partial charge in [-0.1, -0.05) is 24.3 Å². The molecule has 2 aliphatic heterocycles. The van der Waals surface area contributed by atoms with Crippen molar-refractivity contribution in [2.45, 2.75) is 142 Å². The van der Waals surface area contributed by atoms with E-state index in [1.165, 1.54) is 24.3 Å². The first-order valence-electron chi connectivity index (χ1n) is 31.5. The number of aromatic amines is 2. The number of phenols is 2. The monoisotopic (exact) mass is 1220 g/mol. The molecule has 8 rings (SSSR count). The number of piperidine rings is 2. The second-order valence-corrected chi connectivity index (χ2v) is 24.4. The van der Waals surface area contributed by atoms with E-state index in [1.807, 2.05) is 66.1 Å². The number of phenolic OH excluding ortho intramolecular Hbond substituents is 2. The van der Waals surface area contributed by atoms with Crippen LogP contribution in [0.5, 0.6) is 11.5 Å². The van der Waals surface area contributed by atoms with E-state index >= 15 is 0 Å². The van der Waals surface area contributed by atoms with Crippen LogP contribution >= 0.6 is 0 Å². The largest absolute Gasteiger partial charge is 0.506 e. The van der Waals surface area contributed by atoms with Crippen LogP contribution in [0.4, 0.5) is 11.4 Å². The third-order valence-electron chi connectivity index (χ3n) is 17.6. The average molecular weight is 1230 g/mol. The van der Waals surface area contributed by atoms with Gasteiger partial charge in [0.25, 0.3) is 0 Å². The van der Waals surface area contributed by atoms with Crippen molar-refractivity contribution in [3.05, 3.63) is 138 Å². The molecule has 2 aliphatic rings. The van der Waals surface area contributed by atoms with Crippen molar-refractivity contribution in [3.8, 4) is 11.5 Å². The van der Waals surface area contributed by atoms with E-state index in [0.717, 1.165) is 109 Å². The number of pyridine rings is 2. The number of carbonyl (C=O) groups excluding carboxylic acids is 4. The molecule has 2 fully saturated rings. The first kappa shape index (κ1) is 67.4. The fourth-order valence-corrected chi connectivity index (χ4v) is 12.1. The van der Waals surface area contributed by atoms with Crippen molar-refractivity contribution in [1.82, 2.24) is 40.2 Å². The molecule has 0 spiro atoms. The number of ether oxygens (including phenoxy) is 1. The van der Waals surface area contributed by atoms with E-state index in [1.54, 1.807) is 34.1 Å². The number of unbranched alkanes of at least 4 members (excludes halogenated alkanes) is 2. The van der Waals surface area contributed by atoms with Gasteiger partial charge < -0.3 is 76.0 Å². The summed E-state index contributed by atoms with van der Waals surface area (Å²) in [6.45, 7) is 15.5. The van der Waals surface area contributed by atoms with E-state index < -0.39 is 12.2 Å². The minimum Gasteiger partial charge on any atom is -0.506 e. The van der Waals surface area contributed by atoms with E-state index in [0.29, 0.717) is 99.7 Å². The molecule has 2 atom stereocenters. The van der Waals surface area contributed by atoms with Crippen LogP contribution in [0.15, 0.2) is 82.4 Å². The smallest absolute Gasteiger partial charge is 0.248 e. The lowest BCUT2D eigenvalue weighted by Gasteiger charge is -2.37. The summed E-state index contributed by atoms with van der Waals surface area (Å²) in [6.07, 6.45) is 6.76. The van der Waals surface area contributed by atoms with Gasteiger partial charge in [0.15, 0.2) is 0 Å². The first-order valence-corrected chi connectivity index (χ1v) is 31.5. The third-order valence-corrected chi connectivity index (χ3v) is 17.6. The second-order valence-electron chi connectivity index (χ2n) is 24.4. The number of aromatic hydroxyl groups is 2. The molecule has 2 saturated heterocycles. The predicted octanol–water partition coefficient (Wildman–Crippen LogP) is 7.22. The molecule has 6 aromatic rings. The van der Waals surface area contributed by atoms with Gasteiger partial charge >= 0.3 is 0 Å². The molecule has 0 radical (unpaired) electrons. The highest BCUT2D eigenvalue weighted by atomic mass is 16.5. The van der Waals surface area contributed by atoms with Crippen molar-refractivity contribution in [1.29, 1.82) is 0 Å². The Kier molecular flexibility index (Phi) is 24.5. The molecular formula is C68H92N10O11. The number of aliphatic hydroxyl groups is 2. The average Bonchev–Trinajstić information content (AvgIpc) is 1.45. The van der Waals surface area contributed by atoms with Gasteiger partial charge in [-0.25, -0.2) is 0 Å². The summed E-state index contributed by atoms with van der Waals surface area (Å²) in [4.78, 5) is 89.2. The van der Waals surface area contributed by atoms with Crippen LogP contribution in [0.25, 0.3) is 21.8 Å². The number of rotatable bonds is 30. The number of benzene rings is 4. The van der Waals surface area contributed by atoms with Gasteiger partial charge in [0.05, 0.1) is 35.4 Å². The van der Waals surface area contributed by atoms with E-state index in [-0.39, 0.29) is 82.6 Å². The lowest BCUT2D eigenvalue weighted by molar-refractivity contribution is -0.131. The number of anilines is 2. The summed E-state index contributed by atoms with van der Waals surface area (Å²) >= 11 is 0. The van der Waals surface area contributed by atoms with Gasteiger partial charge in [-0.2, -0.15) is 0 Å². The molecule has 4 heterocycles. The normalized spacial score (nSPS) is 15.1. The predicted molar refractivity (Wildman–Crippen MR) is 347 cm³/mol. The van der Waals surface area contributed by atoms with Crippen molar-refractivity contribution in [3.63, 3.8) is 0 Å². The molecule has 0 bridgehead atoms. The van der Waals surface area contributed by atoms with Gasteiger partial charge in [-0.3, -0.25) is 28.8 Å².